The highest BCUT2D eigenvalue weighted by Crippen LogP contribution is 1.91. The molecule has 52 valence electrons. The number of hydrogen-bond acceptors (Lipinski definition) is 2. The van der Waals surface area contributed by atoms with Crippen molar-refractivity contribution in [3.8, 4) is 0 Å². The molecule has 0 aromatic heterocycles. The van der Waals surface area contributed by atoms with Gasteiger partial charge in [0, 0.05) is 0 Å². The number of rotatable bonds is 1. The second-order valence-electron chi connectivity index (χ2n) is 1.99. The van der Waals surface area contributed by atoms with Gasteiger partial charge in [-0.1, -0.05) is 0 Å². The van der Waals surface area contributed by atoms with Crippen molar-refractivity contribution in [2.24, 2.45) is 0 Å². The van der Waals surface area contributed by atoms with Crippen LogP contribution in [0.5, 0.6) is 0 Å². The summed E-state index contributed by atoms with van der Waals surface area (Å²) in [5.74, 6) is -1.16. The molecule has 0 amide bonds. The van der Waals surface area contributed by atoms with E-state index in [2.05, 4.69) is 6.72 Å². The minimum Gasteiger partial charge on any atom is -0.534 e. The van der Waals surface area contributed by atoms with Crippen molar-refractivity contribution in [1.29, 1.82) is 0 Å². The Hall–Kier alpha value is -1.45. The number of carbonyl (C=O) groups excluding carboxylic acids is 1. The summed E-state index contributed by atoms with van der Waals surface area (Å²) < 4.78 is 2.68. The van der Waals surface area contributed by atoms with E-state index in [-0.39, 0.29) is 5.84 Å². The Morgan fingerprint density at radius 2 is 2.30 bits per heavy atom. The van der Waals surface area contributed by atoms with E-state index in [9.17, 15) is 9.90 Å². The second-order valence-corrected chi connectivity index (χ2v) is 1.99. The minimum absolute atomic E-state index is 0.0556. The predicted octanol–water partition coefficient (Wildman–Crippen LogP) is -2.02. The zero-order valence-electron chi connectivity index (χ0n) is 5.57. The topological polar surface area (TPSA) is 46.1 Å². The summed E-state index contributed by atoms with van der Waals surface area (Å²) in [4.78, 5) is 10.3. The number of aliphatic carboxylic acids is 1. The fraction of sp³-hybridized carbons (Fsp3) is 0.167. The molecule has 0 aliphatic carbocycles. The normalized spacial score (nSPS) is 16.7. The van der Waals surface area contributed by atoms with Crippen molar-refractivity contribution in [3.63, 3.8) is 0 Å². The maximum atomic E-state index is 10.3. The maximum absolute atomic E-state index is 10.3. The molecule has 0 radical (unpaired) electrons. The Morgan fingerprint density at radius 3 is 2.50 bits per heavy atom. The summed E-state index contributed by atoms with van der Waals surface area (Å²) in [6.45, 7) is 3.44. The number of carboxylic acids is 1. The summed E-state index contributed by atoms with van der Waals surface area (Å²) in [7, 11) is 1.62. The summed E-state index contributed by atoms with van der Waals surface area (Å²) in [6.07, 6.45) is 3.14. The third kappa shape index (κ3) is 0.834. The monoisotopic (exact) mass is 139 g/mol. The molecule has 10 heavy (non-hydrogen) atoms. The van der Waals surface area contributed by atoms with Gasteiger partial charge in [-0.25, -0.2) is 0 Å². The fourth-order valence-corrected chi connectivity index (χ4v) is 0.786. The molecule has 0 fully saturated rings. The van der Waals surface area contributed by atoms with Gasteiger partial charge in [0.1, 0.15) is 13.8 Å². The molecule has 1 heterocycles. The molecule has 1 aliphatic heterocycles. The van der Waals surface area contributed by atoms with Gasteiger partial charge >= 0.3 is 5.84 Å². The van der Waals surface area contributed by atoms with Gasteiger partial charge in [0.2, 0.25) is 18.4 Å². The molecule has 0 unspecified atom stereocenters. The van der Waals surface area contributed by atoms with Crippen LogP contribution in [0.2, 0.25) is 0 Å². The van der Waals surface area contributed by atoms with Crippen LogP contribution in [0.15, 0.2) is 12.4 Å². The molecule has 0 N–H and O–H groups in total. The van der Waals surface area contributed by atoms with Crippen LogP contribution in [0, 0.1) is 0 Å². The third-order valence-corrected chi connectivity index (χ3v) is 1.26. The van der Waals surface area contributed by atoms with E-state index < -0.39 is 5.97 Å². The first-order valence-corrected chi connectivity index (χ1v) is 2.72. The number of amidine groups is 1. The van der Waals surface area contributed by atoms with E-state index in [0.29, 0.717) is 0 Å². The van der Waals surface area contributed by atoms with Crippen LogP contribution in [-0.4, -0.2) is 34.7 Å². The highest BCUT2D eigenvalue weighted by Gasteiger charge is 2.28. The first-order chi connectivity index (χ1) is 4.63. The molecule has 0 bridgehead atoms. The van der Waals surface area contributed by atoms with Gasteiger partial charge < -0.3 is 9.90 Å². The molecule has 0 aromatic rings. The zero-order chi connectivity index (χ0) is 7.72. The van der Waals surface area contributed by atoms with Gasteiger partial charge in [-0.3, -0.25) is 0 Å². The van der Waals surface area contributed by atoms with Gasteiger partial charge in [0.05, 0.1) is 0 Å². The molecule has 1 aliphatic rings. The molecule has 1 rings (SSSR count). The quantitative estimate of drug-likeness (QED) is 0.393. The van der Waals surface area contributed by atoms with Gasteiger partial charge in [-0.2, -0.15) is 0 Å². The Morgan fingerprint density at radius 1 is 1.70 bits per heavy atom. The average molecular weight is 139 g/mol. The highest BCUT2D eigenvalue weighted by molar-refractivity contribution is 6.27. The summed E-state index contributed by atoms with van der Waals surface area (Å²) >= 11 is 0. The van der Waals surface area contributed by atoms with Crippen molar-refractivity contribution in [1.82, 2.24) is 0 Å². The standard InChI is InChI=1S/C6H7N2O2/c1-7-3-4-8(2)5(7)6(9)10/h3-4H,1H2,2H3/q+1. The van der Waals surface area contributed by atoms with Crippen LogP contribution in [0.1, 0.15) is 0 Å². The first-order valence-electron chi connectivity index (χ1n) is 2.72. The van der Waals surface area contributed by atoms with Gasteiger partial charge in [-0.15, -0.1) is 9.15 Å². The Bertz CT molecular complexity index is 263. The van der Waals surface area contributed by atoms with Crippen LogP contribution in [0.4, 0.5) is 0 Å². The largest absolute Gasteiger partial charge is 0.534 e. The Balaban J connectivity index is 3.08. The zero-order valence-corrected chi connectivity index (χ0v) is 5.57. The highest BCUT2D eigenvalue weighted by atomic mass is 16.4. The van der Waals surface area contributed by atoms with Gasteiger partial charge in [0.25, 0.3) is 0 Å². The lowest BCUT2D eigenvalue weighted by atomic mass is 10.6. The summed E-state index contributed by atoms with van der Waals surface area (Å²) in [5, 5.41) is 10.3. The van der Waals surface area contributed by atoms with Gasteiger partial charge in [0.15, 0.2) is 0 Å². The van der Waals surface area contributed by atoms with Crippen LogP contribution in [0.3, 0.4) is 0 Å². The molecule has 0 spiro atoms. The third-order valence-electron chi connectivity index (χ3n) is 1.26. The second kappa shape index (κ2) is 2.06. The van der Waals surface area contributed by atoms with Crippen molar-refractivity contribution < 1.29 is 19.1 Å². The van der Waals surface area contributed by atoms with Crippen LogP contribution >= 0.6 is 0 Å². The average Bonchev–Trinajstić information content (AvgIpc) is 2.11. The number of carbonyl (C=O) groups is 1. The first kappa shape index (κ1) is 6.67. The van der Waals surface area contributed by atoms with Crippen molar-refractivity contribution in [2.45, 2.75) is 0 Å². The number of carboxylic acid groups (broad SMARTS) is 1. The SMILES string of the molecule is C=[N+]1C=C[N+](C)=C1C(=O)[O-]. The van der Waals surface area contributed by atoms with E-state index in [4.69, 9.17) is 0 Å². The smallest absolute Gasteiger partial charge is 0.472 e. The lowest BCUT2D eigenvalue weighted by Gasteiger charge is -1.90. The minimum atomic E-state index is -1.22. The van der Waals surface area contributed by atoms with Crippen molar-refractivity contribution in [2.75, 3.05) is 7.05 Å². The van der Waals surface area contributed by atoms with E-state index in [0.717, 1.165) is 0 Å². The van der Waals surface area contributed by atoms with Crippen LogP contribution in [-0.2, 0) is 4.79 Å². The molecular formula is C6H7N2O2+. The summed E-state index contributed by atoms with van der Waals surface area (Å²) in [6, 6.07) is 0. The van der Waals surface area contributed by atoms with E-state index in [1.807, 2.05) is 0 Å². The van der Waals surface area contributed by atoms with Gasteiger partial charge in [-0.05, 0) is 0 Å². The fourth-order valence-electron chi connectivity index (χ4n) is 0.786. The predicted molar refractivity (Wildman–Crippen MR) is 32.7 cm³/mol. The lowest BCUT2D eigenvalue weighted by molar-refractivity contribution is -0.462. The van der Waals surface area contributed by atoms with Crippen LogP contribution < -0.4 is 5.11 Å². The Labute approximate surface area is 58.0 Å². The number of hydrogen-bond donors (Lipinski definition) is 0. The molecule has 0 aromatic carbocycles. The maximum Gasteiger partial charge on any atom is 0.472 e. The molecule has 4 nitrogen and oxygen atoms in total. The van der Waals surface area contributed by atoms with Crippen LogP contribution in [0.25, 0.3) is 0 Å². The van der Waals surface area contributed by atoms with E-state index >= 15 is 0 Å². The molecular weight excluding hydrogens is 132 g/mol. The van der Waals surface area contributed by atoms with Crippen molar-refractivity contribution in [3.05, 3.63) is 12.4 Å². The van der Waals surface area contributed by atoms with E-state index in [1.165, 1.54) is 9.15 Å². The number of nitrogens with zero attached hydrogens (tertiary/aromatic N) is 2. The molecule has 0 saturated carbocycles. The molecule has 4 heteroatoms. The summed E-state index contributed by atoms with van der Waals surface area (Å²) in [5.41, 5.74) is 0. The Kier molecular flexibility index (Phi) is 1.37. The lowest BCUT2D eigenvalue weighted by Crippen LogP contribution is -2.39. The molecule has 0 atom stereocenters. The van der Waals surface area contributed by atoms with Crippen molar-refractivity contribution >= 4 is 18.5 Å². The van der Waals surface area contributed by atoms with E-state index in [1.54, 1.807) is 19.4 Å². The molecule has 0 saturated heterocycles.